The summed E-state index contributed by atoms with van der Waals surface area (Å²) < 4.78 is 15.5. The van der Waals surface area contributed by atoms with Crippen LogP contribution in [0.5, 0.6) is 0 Å². The largest absolute Gasteiger partial charge is 0.324 e. The molecule has 0 bridgehead atoms. The van der Waals surface area contributed by atoms with E-state index in [1.807, 2.05) is 4.90 Å². The number of nitro groups is 1. The van der Waals surface area contributed by atoms with E-state index in [2.05, 4.69) is 5.32 Å². The lowest BCUT2D eigenvalue weighted by Crippen LogP contribution is -2.52. The van der Waals surface area contributed by atoms with Crippen molar-refractivity contribution in [3.05, 3.63) is 73.5 Å². The molecule has 2 heterocycles. The van der Waals surface area contributed by atoms with Crippen molar-refractivity contribution in [2.24, 2.45) is 5.92 Å². The second-order valence-electron chi connectivity index (χ2n) is 9.21. The Bertz CT molecular complexity index is 1190. The predicted molar refractivity (Wildman–Crippen MR) is 132 cm³/mol. The molecule has 10 heteroatoms. The number of likely N-dealkylation sites (tertiary alicyclic amines) is 1. The Kier molecular flexibility index (Phi) is 6.92. The van der Waals surface area contributed by atoms with Gasteiger partial charge in [-0.2, -0.15) is 0 Å². The summed E-state index contributed by atoms with van der Waals surface area (Å²) in [4.78, 5) is 39.2. The minimum atomic E-state index is -1.54. The average Bonchev–Trinajstić information content (AvgIpc) is 3.50. The molecule has 4 atom stereocenters. The fourth-order valence-corrected chi connectivity index (χ4v) is 6.19. The number of aldehydes is 1. The third-order valence-electron chi connectivity index (χ3n) is 7.32. The number of nitrogens with one attached hydrogen (secondary N) is 1. The van der Waals surface area contributed by atoms with E-state index in [0.717, 1.165) is 12.8 Å². The van der Waals surface area contributed by atoms with Crippen LogP contribution in [-0.4, -0.2) is 40.6 Å². The molecule has 0 radical (unpaired) electrons. The number of fused-ring (bicyclic) bond motifs is 2. The smallest absolute Gasteiger partial charge is 0.250 e. The van der Waals surface area contributed by atoms with E-state index in [-0.39, 0.29) is 36.8 Å². The minimum Gasteiger partial charge on any atom is -0.324 e. The fourth-order valence-electron chi connectivity index (χ4n) is 5.84. The van der Waals surface area contributed by atoms with Crippen molar-refractivity contribution in [2.45, 2.75) is 56.7 Å². The van der Waals surface area contributed by atoms with Crippen LogP contribution in [0.4, 0.5) is 10.1 Å². The molecular weight excluding hydrogens is 496 g/mol. The van der Waals surface area contributed by atoms with E-state index < -0.39 is 40.2 Å². The Hall–Kier alpha value is -2.55. The summed E-state index contributed by atoms with van der Waals surface area (Å²) in [5, 5.41) is 15.7. The molecule has 1 saturated carbocycles. The van der Waals surface area contributed by atoms with Gasteiger partial charge in [0.1, 0.15) is 17.6 Å². The lowest BCUT2D eigenvalue weighted by molar-refractivity contribution is -0.528. The highest BCUT2D eigenvalue weighted by molar-refractivity contribution is 6.31. The van der Waals surface area contributed by atoms with Crippen LogP contribution in [0, 0.1) is 21.8 Å². The normalized spacial score (nSPS) is 27.4. The van der Waals surface area contributed by atoms with E-state index in [0.29, 0.717) is 29.1 Å². The van der Waals surface area contributed by atoms with Gasteiger partial charge in [0, 0.05) is 39.7 Å². The number of hydrogen-bond acceptors (Lipinski definition) is 5. The molecule has 1 N–H and O–H groups in total. The predicted octanol–water partition coefficient (Wildman–Crippen LogP) is 5.42. The third-order valence-corrected chi connectivity index (χ3v) is 7.84. The molecule has 0 unspecified atom stereocenters. The Morgan fingerprint density at radius 3 is 2.66 bits per heavy atom. The van der Waals surface area contributed by atoms with Gasteiger partial charge in [-0.15, -0.1) is 0 Å². The summed E-state index contributed by atoms with van der Waals surface area (Å²) >= 11 is 12.3. The van der Waals surface area contributed by atoms with Gasteiger partial charge in [-0.1, -0.05) is 48.8 Å². The molecule has 2 fully saturated rings. The fraction of sp³-hybridized carbons (Fsp3) is 0.440. The molecule has 2 aromatic rings. The van der Waals surface area contributed by atoms with Crippen LogP contribution in [0.25, 0.3) is 0 Å². The first-order valence-electron chi connectivity index (χ1n) is 11.2. The van der Waals surface area contributed by atoms with Crippen LogP contribution in [-0.2, 0) is 15.1 Å². The Labute approximate surface area is 212 Å². The Balaban J connectivity index is 0.00000289. The van der Waals surface area contributed by atoms with Gasteiger partial charge in [-0.05, 0) is 43.4 Å². The number of carbonyl (C=O) groups is 2. The maximum Gasteiger partial charge on any atom is 0.250 e. The average molecular weight is 522 g/mol. The number of rotatable bonds is 7. The summed E-state index contributed by atoms with van der Waals surface area (Å²) in [5.74, 6) is -2.14. The van der Waals surface area contributed by atoms with E-state index >= 15 is 4.39 Å². The number of carbonyl (C=O) groups excluding carboxylic acids is 2. The van der Waals surface area contributed by atoms with Crippen molar-refractivity contribution in [3.63, 3.8) is 0 Å². The SMILES string of the molecule is C.O=CCC[C@H]1[C@@H]([N+](=O)[O-])[C@H](c2cccc(Cl)c2F)[C@]2(C(=O)Nc3cc(Cl)ccc32)N1CC1CC1. The highest BCUT2D eigenvalue weighted by Crippen LogP contribution is 2.59. The molecule has 3 aliphatic rings. The monoisotopic (exact) mass is 521 g/mol. The molecule has 5 rings (SSSR count). The summed E-state index contributed by atoms with van der Waals surface area (Å²) in [6, 6.07) is 7.19. The van der Waals surface area contributed by atoms with E-state index in [4.69, 9.17) is 23.2 Å². The van der Waals surface area contributed by atoms with Gasteiger partial charge in [0.15, 0.2) is 0 Å². The standard InChI is InChI=1S/C24H22Cl2FN3O4.CH4/c25-14-8-9-16-18(11-14)28-23(32)24(16)20(15-3-1-4-17(26)21(15)27)22(30(33)34)19(5-2-10-31)29(24)12-13-6-7-13;/h1,3-4,8-11,13,19-20,22H,2,5-7,12H2,(H,28,32);1H4/t19-,20-,22+,24+;/m0./s1. The molecule has 1 saturated heterocycles. The molecule has 7 nitrogen and oxygen atoms in total. The van der Waals surface area contributed by atoms with Crippen molar-refractivity contribution < 1.29 is 18.9 Å². The van der Waals surface area contributed by atoms with Crippen molar-refractivity contribution in [1.29, 1.82) is 0 Å². The highest BCUT2D eigenvalue weighted by atomic mass is 35.5. The van der Waals surface area contributed by atoms with Crippen LogP contribution in [0.2, 0.25) is 10.0 Å². The number of amides is 1. The lowest BCUT2D eigenvalue weighted by Gasteiger charge is -2.38. The lowest BCUT2D eigenvalue weighted by atomic mass is 9.73. The van der Waals surface area contributed by atoms with Crippen LogP contribution in [0.15, 0.2) is 36.4 Å². The molecule has 0 aromatic heterocycles. The number of anilines is 1. The number of hydrogen-bond donors (Lipinski definition) is 1. The van der Waals surface area contributed by atoms with Gasteiger partial charge >= 0.3 is 0 Å². The van der Waals surface area contributed by atoms with E-state index in [9.17, 15) is 19.7 Å². The molecule has 1 amide bonds. The first-order chi connectivity index (χ1) is 16.3. The van der Waals surface area contributed by atoms with Gasteiger partial charge in [0.25, 0.3) is 5.91 Å². The van der Waals surface area contributed by atoms with Crippen LogP contribution in [0.3, 0.4) is 0 Å². The maximum atomic E-state index is 15.5. The van der Waals surface area contributed by atoms with Crippen LogP contribution in [0.1, 0.15) is 50.2 Å². The zero-order chi connectivity index (χ0) is 24.2. The maximum absolute atomic E-state index is 15.5. The molecule has 35 heavy (non-hydrogen) atoms. The highest BCUT2D eigenvalue weighted by Gasteiger charge is 2.71. The van der Waals surface area contributed by atoms with Gasteiger partial charge in [-0.25, -0.2) is 4.39 Å². The quantitative estimate of drug-likeness (QED) is 0.298. The van der Waals surface area contributed by atoms with Crippen molar-refractivity contribution in [1.82, 2.24) is 4.90 Å². The summed E-state index contributed by atoms with van der Waals surface area (Å²) in [7, 11) is 0. The van der Waals surface area contributed by atoms with Crippen molar-refractivity contribution in [2.75, 3.05) is 11.9 Å². The zero-order valence-electron chi connectivity index (χ0n) is 18.0. The first-order valence-corrected chi connectivity index (χ1v) is 12.0. The number of nitrogens with zero attached hydrogens (tertiary/aromatic N) is 2. The molecule has 2 aromatic carbocycles. The van der Waals surface area contributed by atoms with Gasteiger partial charge in [-0.3, -0.25) is 19.8 Å². The summed E-state index contributed by atoms with van der Waals surface area (Å²) in [6.07, 6.45) is 2.88. The van der Waals surface area contributed by atoms with Gasteiger partial charge in [0.2, 0.25) is 6.04 Å². The number of benzene rings is 2. The van der Waals surface area contributed by atoms with Gasteiger partial charge < -0.3 is 10.1 Å². The molecular formula is C25H26Cl2FN3O4. The van der Waals surface area contributed by atoms with Gasteiger partial charge in [0.05, 0.1) is 17.0 Å². The Morgan fingerprint density at radius 2 is 2.00 bits per heavy atom. The number of halogens is 3. The molecule has 1 aliphatic carbocycles. The zero-order valence-corrected chi connectivity index (χ0v) is 19.6. The first kappa shape index (κ1) is 25.5. The third kappa shape index (κ3) is 3.92. The molecule has 1 spiro atoms. The topological polar surface area (TPSA) is 92.5 Å². The second kappa shape index (κ2) is 9.48. The van der Waals surface area contributed by atoms with Crippen molar-refractivity contribution in [3.8, 4) is 0 Å². The second-order valence-corrected chi connectivity index (χ2v) is 10.1. The van der Waals surface area contributed by atoms with Crippen LogP contribution < -0.4 is 5.32 Å². The molecule has 186 valence electrons. The van der Waals surface area contributed by atoms with Crippen LogP contribution >= 0.6 is 23.2 Å². The molecule has 2 aliphatic heterocycles. The van der Waals surface area contributed by atoms with E-state index in [1.54, 1.807) is 18.2 Å². The summed E-state index contributed by atoms with van der Waals surface area (Å²) in [5.41, 5.74) is -0.558. The summed E-state index contributed by atoms with van der Waals surface area (Å²) in [6.45, 7) is 0.433. The van der Waals surface area contributed by atoms with E-state index in [1.165, 1.54) is 18.2 Å². The van der Waals surface area contributed by atoms with Crippen molar-refractivity contribution >= 4 is 41.1 Å². The minimum absolute atomic E-state index is 0. The Morgan fingerprint density at radius 1 is 1.26 bits per heavy atom.